The normalized spacial score (nSPS) is 13.3. The zero-order valence-electron chi connectivity index (χ0n) is 15.5. The Morgan fingerprint density at radius 2 is 1.71 bits per heavy atom. The minimum Gasteiger partial charge on any atom is -0.569 e. The average Bonchev–Trinajstić information content (AvgIpc) is 2.71. The Bertz CT molecular complexity index is 813. The lowest BCUT2D eigenvalue weighted by molar-refractivity contribution is -0.712. The fourth-order valence-corrected chi connectivity index (χ4v) is 2.31. The molecule has 28 heavy (non-hydrogen) atoms. The van der Waals surface area contributed by atoms with Gasteiger partial charge < -0.3 is 15.1 Å². The molecule has 0 aliphatic rings. The van der Waals surface area contributed by atoms with E-state index >= 15 is 0 Å². The van der Waals surface area contributed by atoms with Gasteiger partial charge in [-0.05, 0) is 17.7 Å². The molecule has 0 spiro atoms. The first-order valence-corrected chi connectivity index (χ1v) is 8.48. The highest BCUT2D eigenvalue weighted by molar-refractivity contribution is 5.89. The molecule has 0 aliphatic heterocycles. The molecule has 2 aromatic rings. The molecule has 2 rings (SSSR count). The van der Waals surface area contributed by atoms with Crippen LogP contribution in [0.5, 0.6) is 0 Å². The highest BCUT2D eigenvalue weighted by Crippen LogP contribution is 2.10. The van der Waals surface area contributed by atoms with Gasteiger partial charge in [-0.2, -0.15) is 0 Å². The van der Waals surface area contributed by atoms with Crippen LogP contribution in [0.25, 0.3) is 0 Å². The molecule has 148 valence electrons. The number of rotatable bonds is 9. The largest absolute Gasteiger partial charge is 0.569 e. The smallest absolute Gasteiger partial charge is 0.341 e. The van der Waals surface area contributed by atoms with Crippen LogP contribution in [0.15, 0.2) is 65.9 Å². The third-order valence-corrected chi connectivity index (χ3v) is 3.83. The molecule has 0 aliphatic carbocycles. The van der Waals surface area contributed by atoms with Crippen molar-refractivity contribution in [3.05, 3.63) is 77.0 Å². The predicted molar refractivity (Wildman–Crippen MR) is 97.8 cm³/mol. The summed E-state index contributed by atoms with van der Waals surface area (Å²) in [6, 6.07) is 16.0. The quantitative estimate of drug-likeness (QED) is 0.231. The first-order valence-electron chi connectivity index (χ1n) is 8.48. The van der Waals surface area contributed by atoms with E-state index in [1.165, 1.54) is 14.0 Å². The number of ether oxygens (including phenoxy) is 1. The number of esters is 1. The van der Waals surface area contributed by atoms with Crippen LogP contribution < -0.4 is 0 Å². The molecular weight excluding hydrogens is 366 g/mol. The van der Waals surface area contributed by atoms with Crippen LogP contribution in [0.3, 0.4) is 0 Å². The molecule has 0 bridgehead atoms. The highest BCUT2D eigenvalue weighted by Gasteiger charge is 2.29. The van der Waals surface area contributed by atoms with Gasteiger partial charge in [0.15, 0.2) is 6.04 Å². The van der Waals surface area contributed by atoms with Crippen molar-refractivity contribution in [2.24, 2.45) is 5.28 Å². The van der Waals surface area contributed by atoms with Gasteiger partial charge in [-0.15, -0.1) is 5.01 Å². The Hall–Kier alpha value is -3.62. The number of hydrogen-bond donors (Lipinski definition) is 1. The van der Waals surface area contributed by atoms with Gasteiger partial charge >= 0.3 is 11.9 Å². The molecule has 1 N–H and O–H groups in total. The monoisotopic (exact) mass is 387 g/mol. The second-order valence-electron chi connectivity index (χ2n) is 5.90. The van der Waals surface area contributed by atoms with E-state index in [1.807, 2.05) is 6.07 Å². The van der Waals surface area contributed by atoms with Crippen molar-refractivity contribution in [3.63, 3.8) is 0 Å². The number of benzene rings is 2. The summed E-state index contributed by atoms with van der Waals surface area (Å²) < 4.78 is 5.01. The van der Waals surface area contributed by atoms with Crippen LogP contribution in [0.4, 0.5) is 0 Å². The molecule has 0 saturated heterocycles. The molecule has 1 unspecified atom stereocenters. The molecule has 9 heteroatoms. The number of nitrogens with zero attached hydrogens (tertiary/aromatic N) is 3. The van der Waals surface area contributed by atoms with Crippen LogP contribution in [0, 0.1) is 5.21 Å². The average molecular weight is 387 g/mol. The molecule has 0 fully saturated rings. The number of carbonyl (C=O) groups is 2. The van der Waals surface area contributed by atoms with Crippen LogP contribution in [-0.2, 0) is 20.8 Å². The minimum absolute atomic E-state index is 0.00851. The first kappa shape index (κ1) is 20.7. The standard InChI is InChI=1S/C19H21N3O6/c1-14(27-19(25)16-11-7-4-8-12-16)28-20-22(26)21(2)17(18(23)24)13-15-9-5-3-6-10-15/h3-12,14,17H,13H2,1-2H3,(H,23,24)/b22-20-/t14?,17-/m0/s1. The molecule has 2 atom stereocenters. The maximum absolute atomic E-state index is 12.1. The Labute approximate surface area is 161 Å². The molecule has 0 heterocycles. The van der Waals surface area contributed by atoms with E-state index in [1.54, 1.807) is 54.6 Å². The summed E-state index contributed by atoms with van der Waals surface area (Å²) in [6.45, 7) is 1.39. The second kappa shape index (κ2) is 9.91. The lowest BCUT2D eigenvalue weighted by Crippen LogP contribution is -2.44. The Balaban J connectivity index is 1.96. The van der Waals surface area contributed by atoms with Gasteiger partial charge in [-0.3, -0.25) is 4.84 Å². The van der Waals surface area contributed by atoms with E-state index in [4.69, 9.17) is 9.57 Å². The topological polar surface area (TPSA) is 114 Å². The molecule has 2 aromatic carbocycles. The molecule has 0 radical (unpaired) electrons. The van der Waals surface area contributed by atoms with E-state index < -0.39 is 24.3 Å². The van der Waals surface area contributed by atoms with Gasteiger partial charge in [0, 0.05) is 13.3 Å². The van der Waals surface area contributed by atoms with Crippen LogP contribution in [0.1, 0.15) is 22.8 Å². The maximum Gasteiger partial charge on any atom is 0.341 e. The Kier molecular flexibility index (Phi) is 7.32. The summed E-state index contributed by atoms with van der Waals surface area (Å²) in [4.78, 5) is 28.3. The predicted octanol–water partition coefficient (Wildman–Crippen LogP) is 2.63. The van der Waals surface area contributed by atoms with E-state index in [0.29, 0.717) is 5.56 Å². The summed E-state index contributed by atoms with van der Waals surface area (Å²) in [5.74, 6) is -1.83. The number of hydrogen-bond acceptors (Lipinski definition) is 6. The number of hydrazine groups is 1. The summed E-state index contributed by atoms with van der Waals surface area (Å²) in [6.07, 6.45) is -1.05. The zero-order chi connectivity index (χ0) is 20.5. The van der Waals surface area contributed by atoms with Crippen molar-refractivity contribution < 1.29 is 29.2 Å². The van der Waals surface area contributed by atoms with Crippen LogP contribution in [0.2, 0.25) is 0 Å². The van der Waals surface area contributed by atoms with Crippen molar-refractivity contribution in [1.29, 1.82) is 0 Å². The summed E-state index contributed by atoms with van der Waals surface area (Å²) in [5.41, 5.74) is 1.07. The highest BCUT2D eigenvalue weighted by atomic mass is 16.8. The van der Waals surface area contributed by atoms with Gasteiger partial charge in [-0.25, -0.2) is 9.59 Å². The van der Waals surface area contributed by atoms with E-state index in [-0.39, 0.29) is 11.4 Å². The zero-order valence-corrected chi connectivity index (χ0v) is 15.5. The summed E-state index contributed by atoms with van der Waals surface area (Å²) in [5, 5.41) is 25.7. The molecule has 0 aromatic heterocycles. The number of carboxylic acid groups (broad SMARTS) is 1. The van der Waals surface area contributed by atoms with Crippen molar-refractivity contribution in [3.8, 4) is 0 Å². The molecular formula is C19H21N3O6. The molecule has 9 nitrogen and oxygen atoms in total. The number of aliphatic carboxylic acids is 1. The van der Waals surface area contributed by atoms with Crippen molar-refractivity contribution in [1.82, 2.24) is 5.01 Å². The fraction of sp³-hybridized carbons (Fsp3) is 0.263. The van der Waals surface area contributed by atoms with Crippen LogP contribution in [-0.4, -0.2) is 46.4 Å². The second-order valence-corrected chi connectivity index (χ2v) is 5.90. The SMILES string of the molecule is CC(O/N=[N+](\[O-])N(C)[C@@H](Cc1ccccc1)C(=O)O)OC(=O)c1ccccc1. The van der Waals surface area contributed by atoms with Crippen molar-refractivity contribution in [2.45, 2.75) is 25.7 Å². The first-order chi connectivity index (χ1) is 13.4. The fourth-order valence-electron chi connectivity index (χ4n) is 2.31. The van der Waals surface area contributed by atoms with Crippen LogP contribution >= 0.6 is 0 Å². The van der Waals surface area contributed by atoms with Gasteiger partial charge in [0.05, 0.1) is 17.6 Å². The van der Waals surface area contributed by atoms with Gasteiger partial charge in [0.2, 0.25) is 5.28 Å². The van der Waals surface area contributed by atoms with Gasteiger partial charge in [-0.1, -0.05) is 48.5 Å². The lowest BCUT2D eigenvalue weighted by atomic mass is 10.1. The Morgan fingerprint density at radius 1 is 1.14 bits per heavy atom. The lowest BCUT2D eigenvalue weighted by Gasteiger charge is -2.20. The number of likely N-dealkylation sites (N-methyl/N-ethyl adjacent to an activating group) is 1. The summed E-state index contributed by atoms with van der Waals surface area (Å²) in [7, 11) is 1.28. The Morgan fingerprint density at radius 3 is 2.29 bits per heavy atom. The van der Waals surface area contributed by atoms with E-state index in [9.17, 15) is 19.9 Å². The van der Waals surface area contributed by atoms with Gasteiger partial charge in [0.1, 0.15) is 0 Å². The van der Waals surface area contributed by atoms with Crippen molar-refractivity contribution in [2.75, 3.05) is 7.05 Å². The van der Waals surface area contributed by atoms with Crippen molar-refractivity contribution >= 4 is 11.9 Å². The number of carboxylic acids is 1. The third kappa shape index (κ3) is 5.97. The van der Waals surface area contributed by atoms with Gasteiger partial charge in [0.25, 0.3) is 6.29 Å². The molecule has 0 amide bonds. The minimum atomic E-state index is -1.19. The summed E-state index contributed by atoms with van der Waals surface area (Å²) >= 11 is 0. The van der Waals surface area contributed by atoms with E-state index in [2.05, 4.69) is 5.28 Å². The number of carbonyl (C=O) groups excluding carboxylic acids is 1. The van der Waals surface area contributed by atoms with E-state index in [0.717, 1.165) is 10.6 Å². The molecule has 0 saturated carbocycles. The maximum atomic E-state index is 12.1. The third-order valence-electron chi connectivity index (χ3n) is 3.83.